The number of ketones is 1. The van der Waals surface area contributed by atoms with Crippen LogP contribution in [0.4, 0.5) is 0 Å². The molecule has 0 N–H and O–H groups in total. The molecule has 23 heavy (non-hydrogen) atoms. The second-order valence-corrected chi connectivity index (χ2v) is 7.36. The molecule has 3 fully saturated rings. The first-order valence-electron chi connectivity index (χ1n) is 8.22. The Bertz CT molecular complexity index is 655. The van der Waals surface area contributed by atoms with Crippen molar-refractivity contribution in [3.8, 4) is 0 Å². The molecule has 3 aliphatic carbocycles. The van der Waals surface area contributed by atoms with Gasteiger partial charge in [0, 0.05) is 42.8 Å². The Morgan fingerprint density at radius 3 is 2.96 bits per heavy atom. The average molecular weight is 365 g/mol. The summed E-state index contributed by atoms with van der Waals surface area (Å²) < 4.78 is 11.8. The van der Waals surface area contributed by atoms with Gasteiger partial charge in [0.1, 0.15) is 5.76 Å². The van der Waals surface area contributed by atoms with Gasteiger partial charge in [0.05, 0.1) is 7.11 Å². The van der Waals surface area contributed by atoms with E-state index in [-0.39, 0.29) is 36.8 Å². The van der Waals surface area contributed by atoms with Crippen molar-refractivity contribution in [1.29, 1.82) is 0 Å². The second kappa shape index (κ2) is 5.03. The van der Waals surface area contributed by atoms with E-state index >= 15 is 0 Å². The summed E-state index contributed by atoms with van der Waals surface area (Å²) in [6.07, 6.45) is 10.1. The van der Waals surface area contributed by atoms with Gasteiger partial charge in [-0.2, -0.15) is 0 Å². The molecule has 1 saturated carbocycles. The van der Waals surface area contributed by atoms with Crippen LogP contribution in [0.3, 0.4) is 0 Å². The first-order chi connectivity index (χ1) is 10.7. The summed E-state index contributed by atoms with van der Waals surface area (Å²) in [6, 6.07) is 0.513. The predicted molar refractivity (Wildman–Crippen MR) is 80.8 cm³/mol. The Labute approximate surface area is 149 Å². The van der Waals surface area contributed by atoms with Crippen LogP contribution in [0, 0.1) is 23.2 Å². The minimum atomic E-state index is -0.313. The Hall–Kier alpha value is -0.927. The molecule has 5 aliphatic rings. The third-order valence-electron chi connectivity index (χ3n) is 6.72. The summed E-state index contributed by atoms with van der Waals surface area (Å²) in [7, 11) is 3.91. The predicted octanol–water partition coefficient (Wildman–Crippen LogP) is 1.89. The number of ether oxygens (including phenoxy) is 2. The van der Waals surface area contributed by atoms with Gasteiger partial charge in [-0.25, -0.2) is 0 Å². The fourth-order valence-corrected chi connectivity index (χ4v) is 5.83. The van der Waals surface area contributed by atoms with Crippen LogP contribution >= 0.6 is 0 Å². The zero-order valence-corrected chi connectivity index (χ0v) is 16.7. The molecule has 0 aromatic heterocycles. The number of rotatable bonds is 1. The van der Waals surface area contributed by atoms with Gasteiger partial charge in [-0.15, -0.1) is 0 Å². The van der Waals surface area contributed by atoms with E-state index < -0.39 is 0 Å². The Kier molecular flexibility index (Phi) is 3.41. The second-order valence-electron chi connectivity index (χ2n) is 7.36. The fraction of sp³-hybridized carbons (Fsp3) is 0.611. The third kappa shape index (κ3) is 1.70. The molecule has 6 atom stereocenters. The number of nitrogens with zero attached hydrogens (tertiary/aromatic N) is 1. The number of likely N-dealkylation sites (tertiary alicyclic amines) is 1. The number of hydrogen-bond donors (Lipinski definition) is 0. The number of carbonyl (C=O) groups is 1. The first kappa shape index (κ1) is 15.6. The van der Waals surface area contributed by atoms with E-state index in [0.29, 0.717) is 23.8 Å². The molecular formula is C18H21NO3Zn. The normalized spacial score (nSPS) is 46.2. The Morgan fingerprint density at radius 2 is 2.17 bits per heavy atom. The van der Waals surface area contributed by atoms with Crippen LogP contribution in [0.2, 0.25) is 0 Å². The van der Waals surface area contributed by atoms with Crippen molar-refractivity contribution in [3.63, 3.8) is 0 Å². The molecule has 1 spiro atoms. The Balaban J connectivity index is 0.00000135. The molecule has 0 radical (unpaired) electrons. The molecule has 2 heterocycles. The van der Waals surface area contributed by atoms with E-state index in [4.69, 9.17) is 9.47 Å². The maximum atomic E-state index is 12.6. The van der Waals surface area contributed by atoms with Crippen LogP contribution in [0.5, 0.6) is 0 Å². The topological polar surface area (TPSA) is 38.8 Å². The molecule has 2 saturated heterocycles. The Morgan fingerprint density at radius 1 is 1.35 bits per heavy atom. The van der Waals surface area contributed by atoms with Crippen molar-refractivity contribution in [2.75, 3.05) is 20.7 Å². The van der Waals surface area contributed by atoms with Crippen molar-refractivity contribution >= 4 is 5.78 Å². The number of piperidine rings is 1. The molecule has 0 aromatic carbocycles. The molecule has 5 rings (SSSR count). The van der Waals surface area contributed by atoms with Gasteiger partial charge in [0.15, 0.2) is 17.6 Å². The maximum Gasteiger partial charge on any atom is 0.196 e. The summed E-state index contributed by atoms with van der Waals surface area (Å²) >= 11 is 0. The van der Waals surface area contributed by atoms with Crippen LogP contribution < -0.4 is 0 Å². The molecule has 2 aliphatic heterocycles. The van der Waals surface area contributed by atoms with E-state index in [1.165, 1.54) is 0 Å². The minimum Gasteiger partial charge on any atom is -0.493 e. The van der Waals surface area contributed by atoms with Crippen molar-refractivity contribution in [2.45, 2.75) is 25.0 Å². The SMILES string of the molecule is COC1=C2O[C@H]3C(=O)C=C[C@H]4[C@H]5CC(C=C1)C2[C@@]34CCN5C.[Zn]. The van der Waals surface area contributed by atoms with Gasteiger partial charge in [0.2, 0.25) is 0 Å². The van der Waals surface area contributed by atoms with Crippen LogP contribution in [-0.2, 0) is 33.7 Å². The van der Waals surface area contributed by atoms with Crippen molar-refractivity contribution in [3.05, 3.63) is 35.8 Å². The van der Waals surface area contributed by atoms with Gasteiger partial charge in [-0.05, 0) is 44.5 Å². The van der Waals surface area contributed by atoms with Gasteiger partial charge >= 0.3 is 0 Å². The monoisotopic (exact) mass is 363 g/mol. The van der Waals surface area contributed by atoms with Gasteiger partial charge in [0.25, 0.3) is 0 Å². The summed E-state index contributed by atoms with van der Waals surface area (Å²) in [5.74, 6) is 3.07. The number of carbonyl (C=O) groups excluding carboxylic acids is 1. The largest absolute Gasteiger partial charge is 0.493 e. The zero-order chi connectivity index (χ0) is 15.1. The molecule has 118 valence electrons. The van der Waals surface area contributed by atoms with E-state index in [0.717, 1.165) is 30.9 Å². The molecule has 2 unspecified atom stereocenters. The number of methoxy groups -OCH3 is 1. The molecule has 5 heteroatoms. The van der Waals surface area contributed by atoms with Crippen molar-refractivity contribution < 1.29 is 33.7 Å². The average Bonchev–Trinajstić information content (AvgIpc) is 2.88. The summed E-state index contributed by atoms with van der Waals surface area (Å²) in [5, 5.41) is 0. The van der Waals surface area contributed by atoms with E-state index in [1.54, 1.807) is 13.2 Å². The fourth-order valence-electron chi connectivity index (χ4n) is 5.83. The molecule has 4 nitrogen and oxygen atoms in total. The smallest absolute Gasteiger partial charge is 0.196 e. The standard InChI is InChI=1S/C18H21NO3.Zn/c1-19-8-7-18-11-4-5-13(20)17(18)22-16-14(21-2)6-3-10(15(16)18)9-12(11)19;/h3-6,10-12,15,17H,7-9H2,1-2H3;/t10?,11-,12+,15?,17-,18-;/m0./s1. The molecule has 0 amide bonds. The van der Waals surface area contributed by atoms with Crippen molar-refractivity contribution in [2.24, 2.45) is 23.2 Å². The van der Waals surface area contributed by atoms with Gasteiger partial charge < -0.3 is 14.4 Å². The third-order valence-corrected chi connectivity index (χ3v) is 6.72. The van der Waals surface area contributed by atoms with Crippen LogP contribution in [-0.4, -0.2) is 43.5 Å². The number of allylic oxidation sites excluding steroid dienone is 3. The maximum absolute atomic E-state index is 12.6. The first-order valence-corrected chi connectivity index (χ1v) is 8.22. The van der Waals surface area contributed by atoms with Gasteiger partial charge in [-0.3, -0.25) is 4.79 Å². The summed E-state index contributed by atoms with van der Waals surface area (Å²) in [4.78, 5) is 15.0. The van der Waals surface area contributed by atoms with Crippen LogP contribution in [0.15, 0.2) is 35.8 Å². The molecule has 2 bridgehead atoms. The minimum absolute atomic E-state index is 0. The summed E-state index contributed by atoms with van der Waals surface area (Å²) in [5.41, 5.74) is -0.0597. The van der Waals surface area contributed by atoms with Crippen LogP contribution in [0.25, 0.3) is 0 Å². The van der Waals surface area contributed by atoms with Gasteiger partial charge in [-0.1, -0.05) is 12.2 Å². The molecular weight excluding hydrogens is 344 g/mol. The van der Waals surface area contributed by atoms with E-state index in [9.17, 15) is 4.79 Å². The van der Waals surface area contributed by atoms with Crippen molar-refractivity contribution in [1.82, 2.24) is 4.90 Å². The zero-order valence-electron chi connectivity index (χ0n) is 13.7. The quantitative estimate of drug-likeness (QED) is 0.666. The van der Waals surface area contributed by atoms with E-state index in [2.05, 4.69) is 24.1 Å². The van der Waals surface area contributed by atoms with Crippen LogP contribution in [0.1, 0.15) is 12.8 Å². The molecule has 0 aromatic rings. The number of hydrogen-bond acceptors (Lipinski definition) is 4. The summed E-state index contributed by atoms with van der Waals surface area (Å²) in [6.45, 7) is 1.05. The van der Waals surface area contributed by atoms with E-state index in [1.807, 2.05) is 6.08 Å².